The summed E-state index contributed by atoms with van der Waals surface area (Å²) in [6.07, 6.45) is 0.368. The molecular formula is C17H11Cl2NO4. The van der Waals surface area contributed by atoms with E-state index in [-0.39, 0.29) is 41.0 Å². The van der Waals surface area contributed by atoms with E-state index in [1.165, 1.54) is 24.3 Å². The van der Waals surface area contributed by atoms with Crippen LogP contribution in [0.5, 0.6) is 5.75 Å². The number of halogens is 2. The van der Waals surface area contributed by atoms with Crippen molar-refractivity contribution in [2.75, 3.05) is 4.90 Å². The number of nitrogens with zero attached hydrogens (tertiary/aromatic N) is 1. The van der Waals surface area contributed by atoms with Crippen molar-refractivity contribution in [1.82, 2.24) is 0 Å². The van der Waals surface area contributed by atoms with E-state index in [1.54, 1.807) is 18.2 Å². The molecule has 1 saturated heterocycles. The largest absolute Gasteiger partial charge is 0.423 e. The molecule has 2 amide bonds. The molecule has 0 aliphatic carbocycles. The molecule has 5 nitrogen and oxygen atoms in total. The van der Waals surface area contributed by atoms with Crippen LogP contribution in [0.15, 0.2) is 42.5 Å². The summed E-state index contributed by atoms with van der Waals surface area (Å²) in [5, 5.41) is 0.582. The molecule has 0 atom stereocenters. The molecule has 2 aromatic carbocycles. The van der Waals surface area contributed by atoms with Crippen molar-refractivity contribution in [2.24, 2.45) is 0 Å². The summed E-state index contributed by atoms with van der Waals surface area (Å²) in [5.74, 6) is -1.00. The number of anilines is 1. The first-order chi connectivity index (χ1) is 11.5. The maximum Gasteiger partial charge on any atom is 0.345 e. The number of hydrogen-bond donors (Lipinski definition) is 0. The van der Waals surface area contributed by atoms with Gasteiger partial charge in [0, 0.05) is 23.9 Å². The van der Waals surface area contributed by atoms with Crippen molar-refractivity contribution in [3.63, 3.8) is 0 Å². The molecular weight excluding hydrogens is 353 g/mol. The van der Waals surface area contributed by atoms with Gasteiger partial charge in [-0.2, -0.15) is 0 Å². The normalized spacial score (nSPS) is 14.2. The fourth-order valence-corrected chi connectivity index (χ4v) is 2.85. The molecule has 0 unspecified atom stereocenters. The second-order valence-corrected chi connectivity index (χ2v) is 5.98. The standard InChI is InChI=1S/C17H11Cl2NO4/c18-10-4-5-13(14(19)8-10)17(23)24-12-3-1-2-11(9-12)20-15(21)6-7-16(20)22/h1-5,8-9H,6-7H2. The average Bonchev–Trinajstić information content (AvgIpc) is 2.86. The first kappa shape index (κ1) is 16.5. The van der Waals surface area contributed by atoms with Crippen LogP contribution in [0.2, 0.25) is 10.0 Å². The lowest BCUT2D eigenvalue weighted by Crippen LogP contribution is -2.28. The molecule has 0 spiro atoms. The fourth-order valence-electron chi connectivity index (χ4n) is 2.37. The van der Waals surface area contributed by atoms with Crippen molar-refractivity contribution < 1.29 is 19.1 Å². The first-order valence-corrected chi connectivity index (χ1v) is 7.84. The van der Waals surface area contributed by atoms with Crippen molar-refractivity contribution in [2.45, 2.75) is 12.8 Å². The Kier molecular flexibility index (Phi) is 4.55. The van der Waals surface area contributed by atoms with E-state index in [0.29, 0.717) is 10.7 Å². The number of imide groups is 1. The number of ether oxygens (including phenoxy) is 1. The molecule has 3 rings (SSSR count). The zero-order chi connectivity index (χ0) is 17.3. The molecule has 1 heterocycles. The highest BCUT2D eigenvalue weighted by Crippen LogP contribution is 2.27. The molecule has 0 aromatic heterocycles. The first-order valence-electron chi connectivity index (χ1n) is 7.09. The lowest BCUT2D eigenvalue weighted by Gasteiger charge is -2.14. The number of benzene rings is 2. The topological polar surface area (TPSA) is 63.7 Å². The lowest BCUT2D eigenvalue weighted by atomic mass is 10.2. The van der Waals surface area contributed by atoms with Crippen molar-refractivity contribution in [1.29, 1.82) is 0 Å². The van der Waals surface area contributed by atoms with Gasteiger partial charge in [0.25, 0.3) is 0 Å². The zero-order valence-electron chi connectivity index (χ0n) is 12.3. The quantitative estimate of drug-likeness (QED) is 0.471. The summed E-state index contributed by atoms with van der Waals surface area (Å²) in [4.78, 5) is 36.9. The monoisotopic (exact) mass is 363 g/mol. The SMILES string of the molecule is O=C(Oc1cccc(N2C(=O)CCC2=O)c1)c1ccc(Cl)cc1Cl. The number of hydrogen-bond acceptors (Lipinski definition) is 4. The summed E-state index contributed by atoms with van der Waals surface area (Å²) in [6, 6.07) is 10.6. The van der Waals surface area contributed by atoms with Gasteiger partial charge in [0.2, 0.25) is 11.8 Å². The molecule has 1 aliphatic rings. The second kappa shape index (κ2) is 6.63. The minimum atomic E-state index is -0.659. The number of carbonyl (C=O) groups excluding carboxylic acids is 3. The van der Waals surface area contributed by atoms with Gasteiger partial charge in [0.15, 0.2) is 0 Å². The van der Waals surface area contributed by atoms with Crippen LogP contribution >= 0.6 is 23.2 Å². The van der Waals surface area contributed by atoms with Crippen LogP contribution in [0.25, 0.3) is 0 Å². The molecule has 7 heteroatoms. The minimum Gasteiger partial charge on any atom is -0.423 e. The highest BCUT2D eigenvalue weighted by atomic mass is 35.5. The molecule has 122 valence electrons. The van der Waals surface area contributed by atoms with E-state index < -0.39 is 5.97 Å². The van der Waals surface area contributed by atoms with Crippen LogP contribution in [0, 0.1) is 0 Å². The molecule has 0 bridgehead atoms. The van der Waals surface area contributed by atoms with Crippen molar-refractivity contribution >= 4 is 46.7 Å². The predicted molar refractivity (Wildman–Crippen MR) is 89.6 cm³/mol. The van der Waals surface area contributed by atoms with Gasteiger partial charge in [-0.1, -0.05) is 29.3 Å². The Balaban J connectivity index is 1.83. The predicted octanol–water partition coefficient (Wildman–Crippen LogP) is 3.87. The van der Waals surface area contributed by atoms with Crippen LogP contribution in [0.1, 0.15) is 23.2 Å². The Hall–Kier alpha value is -2.37. The van der Waals surface area contributed by atoms with Crippen LogP contribution in [-0.4, -0.2) is 17.8 Å². The number of esters is 1. The third-order valence-corrected chi connectivity index (χ3v) is 4.04. The summed E-state index contributed by atoms with van der Waals surface area (Å²) in [5.41, 5.74) is 0.537. The number of carbonyl (C=O) groups is 3. The van der Waals surface area contributed by atoms with Crippen LogP contribution in [-0.2, 0) is 9.59 Å². The van der Waals surface area contributed by atoms with Gasteiger partial charge in [-0.15, -0.1) is 0 Å². The van der Waals surface area contributed by atoms with Gasteiger partial charge < -0.3 is 4.74 Å². The lowest BCUT2D eigenvalue weighted by molar-refractivity contribution is -0.121. The van der Waals surface area contributed by atoms with E-state index in [9.17, 15) is 14.4 Å². The Morgan fingerprint density at radius 1 is 1.00 bits per heavy atom. The molecule has 1 aliphatic heterocycles. The summed E-state index contributed by atoms with van der Waals surface area (Å²) < 4.78 is 5.28. The average molecular weight is 364 g/mol. The highest BCUT2D eigenvalue weighted by Gasteiger charge is 2.30. The summed E-state index contributed by atoms with van der Waals surface area (Å²) in [7, 11) is 0. The van der Waals surface area contributed by atoms with Gasteiger partial charge in [0.05, 0.1) is 16.3 Å². The summed E-state index contributed by atoms with van der Waals surface area (Å²) in [6.45, 7) is 0. The van der Waals surface area contributed by atoms with Gasteiger partial charge in [-0.25, -0.2) is 4.79 Å². The maximum atomic E-state index is 12.2. The van der Waals surface area contributed by atoms with Crippen molar-refractivity contribution in [3.05, 3.63) is 58.1 Å². The van der Waals surface area contributed by atoms with E-state index in [0.717, 1.165) is 4.90 Å². The fraction of sp³-hybridized carbons (Fsp3) is 0.118. The minimum absolute atomic E-state index is 0.166. The van der Waals surface area contributed by atoms with Crippen LogP contribution in [0.3, 0.4) is 0 Å². The number of rotatable bonds is 3. The Morgan fingerprint density at radius 2 is 1.71 bits per heavy atom. The van der Waals surface area contributed by atoms with Gasteiger partial charge in [-0.3, -0.25) is 14.5 Å². The van der Waals surface area contributed by atoms with Crippen molar-refractivity contribution in [3.8, 4) is 5.75 Å². The Labute approximate surface area is 147 Å². The second-order valence-electron chi connectivity index (χ2n) is 5.13. The van der Waals surface area contributed by atoms with Gasteiger partial charge in [-0.05, 0) is 30.3 Å². The van der Waals surface area contributed by atoms with E-state index in [2.05, 4.69) is 0 Å². The third kappa shape index (κ3) is 3.27. The van der Waals surface area contributed by atoms with Gasteiger partial charge in [0.1, 0.15) is 5.75 Å². The molecule has 0 radical (unpaired) electrons. The Morgan fingerprint density at radius 3 is 2.38 bits per heavy atom. The molecule has 1 fully saturated rings. The van der Waals surface area contributed by atoms with E-state index >= 15 is 0 Å². The zero-order valence-corrected chi connectivity index (χ0v) is 13.8. The highest BCUT2D eigenvalue weighted by molar-refractivity contribution is 6.36. The maximum absolute atomic E-state index is 12.2. The third-order valence-electron chi connectivity index (χ3n) is 3.49. The molecule has 0 saturated carbocycles. The smallest absolute Gasteiger partial charge is 0.345 e. The molecule has 0 N–H and O–H groups in total. The van der Waals surface area contributed by atoms with Crippen LogP contribution < -0.4 is 9.64 Å². The van der Waals surface area contributed by atoms with E-state index in [1.807, 2.05) is 0 Å². The summed E-state index contributed by atoms with van der Waals surface area (Å²) >= 11 is 11.8. The van der Waals surface area contributed by atoms with Gasteiger partial charge >= 0.3 is 5.97 Å². The molecule has 2 aromatic rings. The van der Waals surface area contributed by atoms with E-state index in [4.69, 9.17) is 27.9 Å². The Bertz CT molecular complexity index is 834. The number of amides is 2. The van der Waals surface area contributed by atoms with Crippen LogP contribution in [0.4, 0.5) is 5.69 Å². The molecule has 24 heavy (non-hydrogen) atoms.